The number of amides is 1. The van der Waals surface area contributed by atoms with Gasteiger partial charge < -0.3 is 5.11 Å². The summed E-state index contributed by atoms with van der Waals surface area (Å²) in [4.78, 5) is 25.1. The van der Waals surface area contributed by atoms with Gasteiger partial charge in [-0.25, -0.2) is 0 Å². The number of nitrogens with zero attached hydrogens (tertiary/aromatic N) is 2. The predicted molar refractivity (Wildman–Crippen MR) is 64.2 cm³/mol. The number of carbonyl (C=O) groups excluding carboxylic acids is 1. The number of nitroso groups, excluding NO2 is 1. The molecule has 5 nitrogen and oxygen atoms in total. The normalized spacial score (nSPS) is 27.5. The van der Waals surface area contributed by atoms with Crippen molar-refractivity contribution in [3.8, 4) is 0 Å². The summed E-state index contributed by atoms with van der Waals surface area (Å²) in [7, 11) is 0. The molecule has 5 heteroatoms. The first kappa shape index (κ1) is 11.3. The quantitative estimate of drug-likeness (QED) is 0.769. The molecule has 1 aromatic carbocycles. The summed E-state index contributed by atoms with van der Waals surface area (Å²) < 4.78 is 0. The summed E-state index contributed by atoms with van der Waals surface area (Å²) >= 11 is 0. The highest BCUT2D eigenvalue weighted by Gasteiger charge is 2.48. The highest BCUT2D eigenvalue weighted by Crippen LogP contribution is 2.34. The molecule has 18 heavy (non-hydrogen) atoms. The molecular weight excluding hydrogens is 232 g/mol. The van der Waals surface area contributed by atoms with Gasteiger partial charge in [0, 0.05) is 6.07 Å². The highest BCUT2D eigenvalue weighted by atomic mass is 16.3. The molecule has 1 aromatic rings. The van der Waals surface area contributed by atoms with Crippen molar-refractivity contribution < 1.29 is 14.8 Å². The summed E-state index contributed by atoms with van der Waals surface area (Å²) in [5, 5.41) is 10.8. The minimum Gasteiger partial charge on any atom is -0.393 e. The molecule has 0 radical (unpaired) electrons. The number of aliphatic hydroxyl groups is 1. The number of hydrogen-bond donors (Lipinski definition) is 1. The third-order valence-corrected chi connectivity index (χ3v) is 3.76. The molecule has 2 aliphatic rings. The average molecular weight is 247 g/mol. The molecule has 0 unspecified atom stereocenters. The maximum atomic E-state index is 12.2. The summed E-state index contributed by atoms with van der Waals surface area (Å²) in [5.41, 5.74) is 0.896. The lowest BCUT2D eigenvalue weighted by molar-refractivity contribution is -0.620. The van der Waals surface area contributed by atoms with Crippen molar-refractivity contribution in [2.75, 3.05) is 0 Å². The van der Waals surface area contributed by atoms with Gasteiger partial charge >= 0.3 is 11.6 Å². The van der Waals surface area contributed by atoms with E-state index in [0.717, 1.165) is 0 Å². The molecule has 94 valence electrons. The second-order valence-electron chi connectivity index (χ2n) is 4.90. The van der Waals surface area contributed by atoms with Crippen molar-refractivity contribution in [1.29, 1.82) is 0 Å². The predicted octanol–water partition coefficient (Wildman–Crippen LogP) is 1.77. The summed E-state index contributed by atoms with van der Waals surface area (Å²) in [6.07, 6.45) is 2.37. The Hall–Kier alpha value is -1.75. The zero-order chi connectivity index (χ0) is 12.7. The SMILES string of the molecule is O=C1c2ccccc2[N+](=O)N1C1CCC(O)CC1. The van der Waals surface area contributed by atoms with Crippen LogP contribution in [0.15, 0.2) is 24.3 Å². The molecule has 0 bridgehead atoms. The molecule has 0 saturated heterocycles. The van der Waals surface area contributed by atoms with Crippen LogP contribution in [0.3, 0.4) is 0 Å². The number of aliphatic hydroxyl groups excluding tert-OH is 1. The van der Waals surface area contributed by atoms with Crippen molar-refractivity contribution in [2.45, 2.75) is 37.8 Å². The van der Waals surface area contributed by atoms with E-state index in [2.05, 4.69) is 0 Å². The molecule has 1 aliphatic heterocycles. The Labute approximate surface area is 105 Å². The summed E-state index contributed by atoms with van der Waals surface area (Å²) in [6.45, 7) is 0. The van der Waals surface area contributed by atoms with E-state index >= 15 is 0 Å². The van der Waals surface area contributed by atoms with Crippen molar-refractivity contribution >= 4 is 11.6 Å². The molecule has 1 aliphatic carbocycles. The zero-order valence-electron chi connectivity index (χ0n) is 9.95. The fraction of sp³-hybridized carbons (Fsp3) is 0.462. The second-order valence-corrected chi connectivity index (χ2v) is 4.90. The lowest BCUT2D eigenvalue weighted by Gasteiger charge is -2.26. The van der Waals surface area contributed by atoms with Gasteiger partial charge in [-0.3, -0.25) is 4.79 Å². The number of carbonyl (C=O) groups is 1. The molecule has 1 fully saturated rings. The van der Waals surface area contributed by atoms with E-state index in [1.165, 1.54) is 5.01 Å². The summed E-state index contributed by atoms with van der Waals surface area (Å²) in [6, 6.07) is 6.77. The third kappa shape index (κ3) is 1.62. The van der Waals surface area contributed by atoms with E-state index < -0.39 is 0 Å². The van der Waals surface area contributed by atoms with Gasteiger partial charge in [0.15, 0.2) is 4.87 Å². The van der Waals surface area contributed by atoms with Crippen LogP contribution in [0.4, 0.5) is 5.69 Å². The van der Waals surface area contributed by atoms with Gasteiger partial charge in [-0.05, 0) is 31.7 Å². The lowest BCUT2D eigenvalue weighted by atomic mass is 9.92. The summed E-state index contributed by atoms with van der Waals surface area (Å²) in [5.74, 6) is -0.220. The first-order valence-corrected chi connectivity index (χ1v) is 6.26. The Morgan fingerprint density at radius 2 is 1.83 bits per heavy atom. The van der Waals surface area contributed by atoms with E-state index in [1.54, 1.807) is 24.3 Å². The van der Waals surface area contributed by atoms with E-state index in [4.69, 9.17) is 0 Å². The number of hydrogen-bond acceptors (Lipinski definition) is 3. The van der Waals surface area contributed by atoms with Crippen LogP contribution in [0.1, 0.15) is 36.0 Å². The van der Waals surface area contributed by atoms with Crippen molar-refractivity contribution in [1.82, 2.24) is 5.01 Å². The standard InChI is InChI=1S/C13H15N2O3/c16-10-7-5-9(6-8-10)14-13(17)11-3-1-2-4-12(11)15(14)18/h1-4,9-10,16H,5-8H2/q+1. The Bertz CT molecular complexity index is 472. The number of para-hydroxylation sites is 1. The van der Waals surface area contributed by atoms with E-state index in [1.807, 2.05) is 0 Å². The molecule has 1 heterocycles. The fourth-order valence-electron chi connectivity index (χ4n) is 2.76. The molecule has 1 saturated carbocycles. The largest absolute Gasteiger partial charge is 0.393 e. The van der Waals surface area contributed by atoms with Crippen LogP contribution in [0.5, 0.6) is 0 Å². The van der Waals surface area contributed by atoms with Crippen LogP contribution in [-0.2, 0) is 0 Å². The smallest absolute Gasteiger partial charge is 0.320 e. The van der Waals surface area contributed by atoms with E-state index in [-0.39, 0.29) is 18.1 Å². The Balaban J connectivity index is 1.88. The average Bonchev–Trinajstić information content (AvgIpc) is 2.64. The minimum absolute atomic E-state index is 0.0919. The first-order chi connectivity index (χ1) is 8.68. The Kier molecular flexibility index (Phi) is 2.63. The molecule has 0 spiro atoms. The van der Waals surface area contributed by atoms with Gasteiger partial charge in [0.2, 0.25) is 0 Å². The Morgan fingerprint density at radius 3 is 2.50 bits per heavy atom. The van der Waals surface area contributed by atoms with Gasteiger partial charge in [0.1, 0.15) is 5.56 Å². The molecule has 1 N–H and O–H groups in total. The van der Waals surface area contributed by atoms with E-state index in [9.17, 15) is 14.8 Å². The van der Waals surface area contributed by atoms with E-state index in [0.29, 0.717) is 41.8 Å². The maximum Gasteiger partial charge on any atom is 0.320 e. The van der Waals surface area contributed by atoms with Crippen molar-refractivity contribution in [2.24, 2.45) is 0 Å². The topological polar surface area (TPSA) is 60.6 Å². The van der Waals surface area contributed by atoms with Gasteiger partial charge in [-0.1, -0.05) is 17.1 Å². The van der Waals surface area contributed by atoms with Gasteiger partial charge in [0.25, 0.3) is 0 Å². The van der Waals surface area contributed by atoms with Crippen LogP contribution >= 0.6 is 0 Å². The monoisotopic (exact) mass is 247 g/mol. The third-order valence-electron chi connectivity index (χ3n) is 3.76. The van der Waals surface area contributed by atoms with Crippen LogP contribution in [-0.4, -0.2) is 33.0 Å². The highest BCUT2D eigenvalue weighted by molar-refractivity contribution is 5.99. The van der Waals surface area contributed by atoms with Crippen LogP contribution in [0, 0.1) is 4.91 Å². The first-order valence-electron chi connectivity index (χ1n) is 6.26. The van der Waals surface area contributed by atoms with Crippen LogP contribution in [0.25, 0.3) is 0 Å². The number of fused-ring (bicyclic) bond motifs is 1. The molecule has 3 rings (SSSR count). The van der Waals surface area contributed by atoms with Gasteiger partial charge in [0.05, 0.1) is 17.1 Å². The fourth-order valence-corrected chi connectivity index (χ4v) is 2.76. The van der Waals surface area contributed by atoms with Crippen molar-refractivity contribution in [3.05, 3.63) is 34.7 Å². The molecular formula is C13H15N2O3+. The number of rotatable bonds is 1. The lowest BCUT2D eigenvalue weighted by Crippen LogP contribution is -2.43. The molecule has 1 amide bonds. The minimum atomic E-state index is -0.290. The molecule has 0 aromatic heterocycles. The zero-order valence-corrected chi connectivity index (χ0v) is 9.95. The van der Waals surface area contributed by atoms with Gasteiger partial charge in [-0.2, -0.15) is 0 Å². The van der Waals surface area contributed by atoms with Crippen LogP contribution < -0.4 is 0 Å². The Morgan fingerprint density at radius 1 is 1.17 bits per heavy atom. The van der Waals surface area contributed by atoms with Gasteiger partial charge in [-0.15, -0.1) is 0 Å². The molecule has 0 atom stereocenters. The van der Waals surface area contributed by atoms with Crippen LogP contribution in [0.2, 0.25) is 0 Å². The second kappa shape index (κ2) is 4.17. The number of benzene rings is 1. The van der Waals surface area contributed by atoms with Crippen molar-refractivity contribution in [3.63, 3.8) is 0 Å². The number of hydrazine groups is 1. The maximum absolute atomic E-state index is 12.2.